The molecule has 3 aromatic rings. The number of carboxylic acid groups (broad SMARTS) is 1. The van der Waals surface area contributed by atoms with Crippen LogP contribution in [-0.4, -0.2) is 76.2 Å². The summed E-state index contributed by atoms with van der Waals surface area (Å²) in [5, 5.41) is 21.1. The summed E-state index contributed by atoms with van der Waals surface area (Å²) in [7, 11) is -0.958. The Kier molecular flexibility index (Phi) is 10.9. The Balaban J connectivity index is 1.86. The van der Waals surface area contributed by atoms with Crippen LogP contribution in [0.3, 0.4) is 0 Å². The molecule has 0 aliphatic heterocycles. The van der Waals surface area contributed by atoms with Crippen molar-refractivity contribution in [3.05, 3.63) is 60.3 Å². The summed E-state index contributed by atoms with van der Waals surface area (Å²) < 4.78 is 34.3. The van der Waals surface area contributed by atoms with E-state index in [9.17, 15) is 22.8 Å². The molecule has 0 aliphatic rings. The number of likely N-dealkylation sites (N-methyl/N-ethyl adjacent to an activating group) is 2. The number of carbonyl (C=O) groups is 3. The van der Waals surface area contributed by atoms with Crippen molar-refractivity contribution in [3.63, 3.8) is 0 Å². The number of anilines is 1. The molecular formula is C26H32N6O7S. The van der Waals surface area contributed by atoms with Crippen LogP contribution >= 0.6 is 0 Å². The molecule has 1 unspecified atom stereocenters. The third-order valence-electron chi connectivity index (χ3n) is 5.78. The van der Waals surface area contributed by atoms with Gasteiger partial charge in [-0.15, -0.1) is 0 Å². The largest absolute Gasteiger partial charge is 0.492 e. The third kappa shape index (κ3) is 8.44. The van der Waals surface area contributed by atoms with Gasteiger partial charge in [0.25, 0.3) is 0 Å². The summed E-state index contributed by atoms with van der Waals surface area (Å²) in [4.78, 5) is 38.9. The molecule has 0 fully saturated rings. The van der Waals surface area contributed by atoms with E-state index < -0.39 is 34.5 Å². The normalized spacial score (nSPS) is 12.8. The number of pyridine rings is 1. The molecule has 1 aromatic heterocycles. The zero-order chi connectivity index (χ0) is 29.1. The number of nitrogens with zero attached hydrogens (tertiary/aromatic N) is 1. The van der Waals surface area contributed by atoms with Gasteiger partial charge in [-0.05, 0) is 43.9 Å². The van der Waals surface area contributed by atoms with E-state index in [-0.39, 0.29) is 35.4 Å². The average Bonchev–Trinajstić information content (AvgIpc) is 2.92. The second-order valence-electron chi connectivity index (χ2n) is 8.71. The highest BCUT2D eigenvalue weighted by Gasteiger charge is 2.26. The Hall–Kier alpha value is -4.11. The van der Waals surface area contributed by atoms with E-state index in [1.54, 1.807) is 20.3 Å². The van der Waals surface area contributed by atoms with Crippen LogP contribution in [0.4, 0.5) is 10.5 Å². The van der Waals surface area contributed by atoms with Crippen molar-refractivity contribution >= 4 is 44.9 Å². The predicted molar refractivity (Wildman–Crippen MR) is 149 cm³/mol. The number of hydrogen-bond acceptors (Lipinski definition) is 9. The van der Waals surface area contributed by atoms with E-state index in [4.69, 9.17) is 9.84 Å². The summed E-state index contributed by atoms with van der Waals surface area (Å²) >= 11 is 0. The minimum atomic E-state index is -4.38. The van der Waals surface area contributed by atoms with Crippen LogP contribution in [0.5, 0.6) is 5.75 Å². The molecule has 3 rings (SSSR count). The minimum Gasteiger partial charge on any atom is -0.492 e. The van der Waals surface area contributed by atoms with E-state index in [1.807, 2.05) is 30.3 Å². The molecule has 0 spiro atoms. The molecule has 0 saturated heterocycles. The zero-order valence-electron chi connectivity index (χ0n) is 22.0. The molecule has 214 valence electrons. The van der Waals surface area contributed by atoms with E-state index in [2.05, 4.69) is 31.0 Å². The highest BCUT2D eigenvalue weighted by molar-refractivity contribution is 7.89. The van der Waals surface area contributed by atoms with Crippen molar-refractivity contribution in [3.8, 4) is 5.75 Å². The Labute approximate surface area is 231 Å². The summed E-state index contributed by atoms with van der Waals surface area (Å²) in [5.74, 6) is -1.44. The van der Waals surface area contributed by atoms with Gasteiger partial charge in [0, 0.05) is 36.3 Å². The van der Waals surface area contributed by atoms with Crippen molar-refractivity contribution in [2.24, 2.45) is 0 Å². The monoisotopic (exact) mass is 572 g/mol. The molecule has 2 atom stereocenters. The number of nitrogens with one attached hydrogen (secondary N) is 5. The van der Waals surface area contributed by atoms with Gasteiger partial charge in [-0.2, -0.15) is 0 Å². The lowest BCUT2D eigenvalue weighted by molar-refractivity contribution is -0.138. The molecule has 0 radical (unpaired) electrons. The Morgan fingerprint density at radius 3 is 2.62 bits per heavy atom. The van der Waals surface area contributed by atoms with Crippen LogP contribution in [0.25, 0.3) is 10.9 Å². The number of hydrogen-bond donors (Lipinski definition) is 6. The second-order valence-corrected chi connectivity index (χ2v) is 10.4. The van der Waals surface area contributed by atoms with Gasteiger partial charge in [0.05, 0.1) is 30.8 Å². The molecule has 1 heterocycles. The fraction of sp³-hybridized carbons (Fsp3) is 0.308. The highest BCUT2D eigenvalue weighted by Crippen LogP contribution is 2.28. The minimum absolute atomic E-state index is 0.0718. The van der Waals surface area contributed by atoms with Crippen LogP contribution < -0.4 is 30.7 Å². The molecular weight excluding hydrogens is 540 g/mol. The molecule has 0 aliphatic carbocycles. The van der Waals surface area contributed by atoms with Gasteiger partial charge >= 0.3 is 12.0 Å². The Morgan fingerprint density at radius 1 is 1.12 bits per heavy atom. The molecule has 6 N–H and O–H groups in total. The van der Waals surface area contributed by atoms with Gasteiger partial charge in [0.15, 0.2) is 0 Å². The third-order valence-corrected chi connectivity index (χ3v) is 7.31. The van der Waals surface area contributed by atoms with Gasteiger partial charge in [0.2, 0.25) is 10.0 Å². The number of rotatable bonds is 15. The predicted octanol–water partition coefficient (Wildman–Crippen LogP) is 1.06. The number of benzene rings is 2. The number of carboxylic acids is 1. The fourth-order valence-corrected chi connectivity index (χ4v) is 5.19. The van der Waals surface area contributed by atoms with Crippen molar-refractivity contribution in [1.29, 1.82) is 0 Å². The number of amides is 2. The maximum absolute atomic E-state index is 13.1. The number of urea groups is 1. The Bertz CT molecular complexity index is 1450. The molecule has 14 heteroatoms. The fourth-order valence-electron chi connectivity index (χ4n) is 3.90. The number of carbonyl (C=O) groups excluding carboxylic acids is 2. The smallest absolute Gasteiger partial charge is 0.320 e. The summed E-state index contributed by atoms with van der Waals surface area (Å²) in [6.07, 6.45) is 1.22. The second kappa shape index (κ2) is 14.3. The number of ether oxygens (including phenoxy) is 1. The van der Waals surface area contributed by atoms with Gasteiger partial charge in [-0.3, -0.25) is 15.1 Å². The van der Waals surface area contributed by atoms with Crippen molar-refractivity contribution in [1.82, 2.24) is 25.7 Å². The van der Waals surface area contributed by atoms with Crippen LogP contribution in [0, 0.1) is 0 Å². The van der Waals surface area contributed by atoms with Gasteiger partial charge < -0.3 is 30.6 Å². The summed E-state index contributed by atoms with van der Waals surface area (Å²) in [6.45, 7) is 0.529. The molecule has 0 saturated carbocycles. The zero-order valence-corrected chi connectivity index (χ0v) is 22.8. The highest BCUT2D eigenvalue weighted by atomic mass is 32.2. The topological polar surface area (TPSA) is 188 Å². The first-order valence-corrected chi connectivity index (χ1v) is 13.8. The maximum Gasteiger partial charge on any atom is 0.320 e. The molecule has 2 aromatic carbocycles. The van der Waals surface area contributed by atoms with Crippen molar-refractivity contribution < 1.29 is 32.6 Å². The summed E-state index contributed by atoms with van der Waals surface area (Å²) in [5.41, 5.74) is 1.99. The number of sulfonamides is 1. The molecule has 2 amide bonds. The van der Waals surface area contributed by atoms with E-state index in [0.29, 0.717) is 13.0 Å². The average molecular weight is 573 g/mol. The van der Waals surface area contributed by atoms with E-state index >= 15 is 0 Å². The van der Waals surface area contributed by atoms with Crippen LogP contribution in [0.1, 0.15) is 12.0 Å². The first-order chi connectivity index (χ1) is 19.2. The van der Waals surface area contributed by atoms with Crippen molar-refractivity contribution in [2.75, 3.05) is 32.6 Å². The summed E-state index contributed by atoms with van der Waals surface area (Å²) in [6, 6.07) is 11.3. The number of aliphatic carboxylic acids is 1. The standard InChI is InChI=1S/C26H32N6O7S/c1-27-15-24(28-2)31-26(36)30-18-8-9-23(40(37,38)32-19(16-33)14-25(34)35)22(13-18)39-12-10-17-5-3-7-21-20(17)6-4-11-29-21/h3-9,11,13,16,19,24,27-28,32H,10,12,14-15H2,1-2H3,(H,34,35)(H2,30,31,36)/t19?,24-/m0/s1. The van der Waals surface area contributed by atoms with Gasteiger partial charge in [-0.1, -0.05) is 18.2 Å². The first-order valence-electron chi connectivity index (χ1n) is 12.3. The van der Waals surface area contributed by atoms with Gasteiger partial charge in [0.1, 0.15) is 16.9 Å². The van der Waals surface area contributed by atoms with Gasteiger partial charge in [-0.25, -0.2) is 17.9 Å². The number of aromatic nitrogens is 1. The number of aldehydes is 1. The lowest BCUT2D eigenvalue weighted by Crippen LogP contribution is -2.50. The maximum atomic E-state index is 13.1. The number of fused-ring (bicyclic) bond motifs is 1. The van der Waals surface area contributed by atoms with Crippen LogP contribution in [0.2, 0.25) is 0 Å². The first kappa shape index (κ1) is 30.4. The van der Waals surface area contributed by atoms with Crippen LogP contribution in [0.15, 0.2) is 59.6 Å². The quantitative estimate of drug-likeness (QED) is 0.114. The van der Waals surface area contributed by atoms with E-state index in [1.165, 1.54) is 18.2 Å². The Morgan fingerprint density at radius 2 is 1.93 bits per heavy atom. The molecule has 0 bridgehead atoms. The van der Waals surface area contributed by atoms with E-state index in [0.717, 1.165) is 16.5 Å². The van der Waals surface area contributed by atoms with Crippen LogP contribution in [-0.2, 0) is 26.0 Å². The SMILES string of the molecule is CNC[C@@H](NC)NC(=O)Nc1ccc(S(=O)(=O)NC(C=O)CC(=O)O)c(OCCc2cccc3ncccc23)c1. The molecule has 13 nitrogen and oxygen atoms in total. The lowest BCUT2D eigenvalue weighted by atomic mass is 10.1. The van der Waals surface area contributed by atoms with Crippen molar-refractivity contribution in [2.45, 2.75) is 29.9 Å². The molecule has 40 heavy (non-hydrogen) atoms. The lowest BCUT2D eigenvalue weighted by Gasteiger charge is -2.19.